The zero-order valence-electron chi connectivity index (χ0n) is 15.7. The van der Waals surface area contributed by atoms with E-state index in [4.69, 9.17) is 4.74 Å². The number of nitrogens with one attached hydrogen (secondary N) is 1. The van der Waals surface area contributed by atoms with Crippen molar-refractivity contribution in [1.29, 1.82) is 0 Å². The molecule has 2 aromatic rings. The van der Waals surface area contributed by atoms with E-state index in [2.05, 4.69) is 10.3 Å². The van der Waals surface area contributed by atoms with Gasteiger partial charge in [-0.2, -0.15) is 0 Å². The second-order valence-electron chi connectivity index (χ2n) is 6.78. The summed E-state index contributed by atoms with van der Waals surface area (Å²) in [4.78, 5) is 42.9. The Balaban J connectivity index is 1.59. The van der Waals surface area contributed by atoms with Crippen LogP contribution in [0.3, 0.4) is 0 Å². The number of halogens is 1. The van der Waals surface area contributed by atoms with Crippen LogP contribution in [0.1, 0.15) is 12.8 Å². The number of likely N-dealkylation sites (tertiary alicyclic amines) is 1. The molecule has 150 valence electrons. The molecule has 2 amide bonds. The number of methoxy groups -OCH3 is 1. The van der Waals surface area contributed by atoms with Crippen molar-refractivity contribution in [2.75, 3.05) is 33.4 Å². The first kappa shape index (κ1) is 19.9. The number of carbonyl (C=O) groups is 2. The first-order chi connectivity index (χ1) is 13.5. The molecule has 0 atom stereocenters. The SMILES string of the molecule is COCCNC(=O)C1CCN(C(=O)Cn2cnc3ccc(F)cc3c2=O)CC1. The largest absolute Gasteiger partial charge is 0.383 e. The summed E-state index contributed by atoms with van der Waals surface area (Å²) in [7, 11) is 1.57. The van der Waals surface area contributed by atoms with Gasteiger partial charge < -0.3 is 15.0 Å². The average Bonchev–Trinajstić information content (AvgIpc) is 2.70. The molecule has 1 aromatic heterocycles. The summed E-state index contributed by atoms with van der Waals surface area (Å²) in [5, 5.41) is 2.95. The van der Waals surface area contributed by atoms with E-state index < -0.39 is 11.4 Å². The number of ether oxygens (including phenoxy) is 1. The number of amides is 2. The first-order valence-corrected chi connectivity index (χ1v) is 9.18. The summed E-state index contributed by atoms with van der Waals surface area (Å²) in [5.41, 5.74) is -0.0688. The standard InChI is InChI=1S/C19H23FN4O4/c1-28-9-6-21-18(26)13-4-7-23(8-5-13)17(25)11-24-12-22-16-3-2-14(20)10-15(16)19(24)27/h2-3,10,12-13H,4-9,11H2,1H3,(H,21,26). The molecule has 1 aliphatic rings. The van der Waals surface area contributed by atoms with E-state index in [1.165, 1.54) is 23.0 Å². The summed E-state index contributed by atoms with van der Waals surface area (Å²) < 4.78 is 19.5. The summed E-state index contributed by atoms with van der Waals surface area (Å²) in [6, 6.07) is 3.79. The molecule has 0 radical (unpaired) electrons. The third-order valence-electron chi connectivity index (χ3n) is 4.92. The highest BCUT2D eigenvalue weighted by molar-refractivity contribution is 5.80. The van der Waals surface area contributed by atoms with Crippen LogP contribution in [0.2, 0.25) is 0 Å². The maximum absolute atomic E-state index is 13.4. The second-order valence-corrected chi connectivity index (χ2v) is 6.78. The lowest BCUT2D eigenvalue weighted by atomic mass is 9.96. The van der Waals surface area contributed by atoms with Crippen molar-refractivity contribution in [1.82, 2.24) is 19.8 Å². The van der Waals surface area contributed by atoms with E-state index in [-0.39, 0.29) is 29.7 Å². The molecular formula is C19H23FN4O4. The Morgan fingerprint density at radius 2 is 2.07 bits per heavy atom. The highest BCUT2D eigenvalue weighted by atomic mass is 19.1. The van der Waals surface area contributed by atoms with Crippen molar-refractivity contribution in [2.45, 2.75) is 19.4 Å². The zero-order chi connectivity index (χ0) is 20.1. The van der Waals surface area contributed by atoms with Gasteiger partial charge in [-0.15, -0.1) is 0 Å². The fourth-order valence-electron chi connectivity index (χ4n) is 3.30. The number of fused-ring (bicyclic) bond motifs is 1. The zero-order valence-corrected chi connectivity index (χ0v) is 15.7. The van der Waals surface area contributed by atoms with E-state index in [1.807, 2.05) is 0 Å². The van der Waals surface area contributed by atoms with Crippen LogP contribution in [-0.4, -0.2) is 59.6 Å². The Hall–Kier alpha value is -2.81. The second kappa shape index (κ2) is 8.92. The molecule has 3 rings (SSSR count). The van der Waals surface area contributed by atoms with Gasteiger partial charge in [0.25, 0.3) is 5.56 Å². The molecule has 8 nitrogen and oxygen atoms in total. The minimum Gasteiger partial charge on any atom is -0.383 e. The summed E-state index contributed by atoms with van der Waals surface area (Å²) in [6.45, 7) is 1.66. The van der Waals surface area contributed by atoms with Crippen molar-refractivity contribution in [3.05, 3.63) is 40.7 Å². The predicted molar refractivity (Wildman–Crippen MR) is 100 cm³/mol. The maximum atomic E-state index is 13.4. The average molecular weight is 390 g/mol. The van der Waals surface area contributed by atoms with E-state index >= 15 is 0 Å². The smallest absolute Gasteiger partial charge is 0.261 e. The molecule has 0 saturated carbocycles. The number of hydrogen-bond acceptors (Lipinski definition) is 5. The van der Waals surface area contributed by atoms with E-state index in [1.54, 1.807) is 12.0 Å². The monoisotopic (exact) mass is 390 g/mol. The van der Waals surface area contributed by atoms with Gasteiger partial charge in [0.1, 0.15) is 12.4 Å². The van der Waals surface area contributed by atoms with Gasteiger partial charge in [-0.05, 0) is 31.0 Å². The minimum atomic E-state index is -0.527. The lowest BCUT2D eigenvalue weighted by Crippen LogP contribution is -2.45. The van der Waals surface area contributed by atoms with Gasteiger partial charge in [0.05, 0.1) is 23.8 Å². The number of piperidine rings is 1. The molecule has 1 fully saturated rings. The topological polar surface area (TPSA) is 93.5 Å². The Kier molecular flexibility index (Phi) is 6.35. The van der Waals surface area contributed by atoms with Crippen LogP contribution in [0.15, 0.2) is 29.3 Å². The van der Waals surface area contributed by atoms with E-state index in [0.29, 0.717) is 44.6 Å². The van der Waals surface area contributed by atoms with Crippen LogP contribution < -0.4 is 10.9 Å². The number of aromatic nitrogens is 2. The first-order valence-electron chi connectivity index (χ1n) is 9.18. The fraction of sp³-hybridized carbons (Fsp3) is 0.474. The highest BCUT2D eigenvalue weighted by Crippen LogP contribution is 2.17. The number of nitrogens with zero attached hydrogens (tertiary/aromatic N) is 3. The number of benzene rings is 1. The lowest BCUT2D eigenvalue weighted by molar-refractivity contribution is -0.136. The van der Waals surface area contributed by atoms with Gasteiger partial charge in [0, 0.05) is 32.7 Å². The quantitative estimate of drug-likeness (QED) is 0.727. The molecule has 2 heterocycles. The normalized spacial score (nSPS) is 15.0. The van der Waals surface area contributed by atoms with E-state index in [0.717, 1.165) is 6.07 Å². The summed E-state index contributed by atoms with van der Waals surface area (Å²) >= 11 is 0. The predicted octanol–water partition coefficient (Wildman–Crippen LogP) is 0.537. The summed E-state index contributed by atoms with van der Waals surface area (Å²) in [6.07, 6.45) is 2.44. The van der Waals surface area contributed by atoms with Crippen molar-refractivity contribution < 1.29 is 18.7 Å². The summed E-state index contributed by atoms with van der Waals surface area (Å²) in [5.74, 6) is -0.908. The van der Waals surface area contributed by atoms with Crippen LogP contribution in [0.25, 0.3) is 10.9 Å². The van der Waals surface area contributed by atoms with Crippen molar-refractivity contribution in [2.24, 2.45) is 5.92 Å². The molecule has 1 aliphatic heterocycles. The van der Waals surface area contributed by atoms with Crippen LogP contribution in [0, 0.1) is 11.7 Å². The van der Waals surface area contributed by atoms with E-state index in [9.17, 15) is 18.8 Å². The molecule has 0 spiro atoms. The van der Waals surface area contributed by atoms with Gasteiger partial charge in [-0.25, -0.2) is 9.37 Å². The van der Waals surface area contributed by atoms with Gasteiger partial charge >= 0.3 is 0 Å². The van der Waals surface area contributed by atoms with Gasteiger partial charge in [-0.3, -0.25) is 19.0 Å². The van der Waals surface area contributed by atoms with Gasteiger partial charge in [0.15, 0.2) is 0 Å². The third-order valence-corrected chi connectivity index (χ3v) is 4.92. The van der Waals surface area contributed by atoms with Crippen molar-refractivity contribution in [3.63, 3.8) is 0 Å². The van der Waals surface area contributed by atoms with Crippen LogP contribution in [0.4, 0.5) is 4.39 Å². The van der Waals surface area contributed by atoms with Gasteiger partial charge in [-0.1, -0.05) is 0 Å². The Labute approximate surface area is 161 Å². The minimum absolute atomic E-state index is 0.0267. The molecule has 28 heavy (non-hydrogen) atoms. The molecule has 0 bridgehead atoms. The molecule has 1 N–H and O–H groups in total. The fourth-order valence-corrected chi connectivity index (χ4v) is 3.30. The Morgan fingerprint density at radius 1 is 1.32 bits per heavy atom. The molecule has 0 aliphatic carbocycles. The van der Waals surface area contributed by atoms with Crippen molar-refractivity contribution >= 4 is 22.7 Å². The number of carbonyl (C=O) groups excluding carboxylic acids is 2. The van der Waals surface area contributed by atoms with Crippen LogP contribution in [-0.2, 0) is 20.9 Å². The maximum Gasteiger partial charge on any atom is 0.261 e. The van der Waals surface area contributed by atoms with Crippen LogP contribution in [0.5, 0.6) is 0 Å². The lowest BCUT2D eigenvalue weighted by Gasteiger charge is -2.31. The third kappa shape index (κ3) is 4.53. The van der Waals surface area contributed by atoms with Gasteiger partial charge in [0.2, 0.25) is 11.8 Å². The molecule has 9 heteroatoms. The molecule has 1 saturated heterocycles. The van der Waals surface area contributed by atoms with Crippen LogP contribution >= 0.6 is 0 Å². The highest BCUT2D eigenvalue weighted by Gasteiger charge is 2.27. The molecule has 0 unspecified atom stereocenters. The number of rotatable bonds is 6. The Morgan fingerprint density at radius 3 is 2.79 bits per heavy atom. The molecule has 1 aromatic carbocycles. The number of hydrogen-bond donors (Lipinski definition) is 1. The molecular weight excluding hydrogens is 367 g/mol. The Bertz CT molecular complexity index is 922. The van der Waals surface area contributed by atoms with Crippen molar-refractivity contribution in [3.8, 4) is 0 Å².